The SMILES string of the molecule is CN1CCC(O)(C(=O)N2CCC[C@](C)(c3ccccc3)C2)CC1. The van der Waals surface area contributed by atoms with Gasteiger partial charge in [-0.15, -0.1) is 0 Å². The van der Waals surface area contributed by atoms with Gasteiger partial charge >= 0.3 is 0 Å². The van der Waals surface area contributed by atoms with E-state index in [0.29, 0.717) is 19.4 Å². The summed E-state index contributed by atoms with van der Waals surface area (Å²) in [6.45, 7) is 5.27. The fraction of sp³-hybridized carbons (Fsp3) is 0.632. The average molecular weight is 316 g/mol. The number of carbonyl (C=O) groups is 1. The summed E-state index contributed by atoms with van der Waals surface area (Å²) in [5.74, 6) is -0.0625. The molecule has 0 spiro atoms. The molecule has 0 radical (unpaired) electrons. The van der Waals surface area contributed by atoms with Gasteiger partial charge in [0.15, 0.2) is 0 Å². The summed E-state index contributed by atoms with van der Waals surface area (Å²) in [5.41, 5.74) is 0.103. The number of rotatable bonds is 2. The van der Waals surface area contributed by atoms with Gasteiger partial charge in [0.2, 0.25) is 0 Å². The third kappa shape index (κ3) is 3.29. The van der Waals surface area contributed by atoms with E-state index in [1.165, 1.54) is 5.56 Å². The maximum atomic E-state index is 13.0. The van der Waals surface area contributed by atoms with Crippen molar-refractivity contribution < 1.29 is 9.90 Å². The normalized spacial score (nSPS) is 28.6. The highest BCUT2D eigenvalue weighted by Gasteiger charge is 2.44. The molecule has 4 heteroatoms. The van der Waals surface area contributed by atoms with Crippen LogP contribution in [0.5, 0.6) is 0 Å². The second kappa shape index (κ2) is 6.25. The van der Waals surface area contributed by atoms with E-state index in [4.69, 9.17) is 0 Å². The predicted molar refractivity (Wildman–Crippen MR) is 91.3 cm³/mol. The lowest BCUT2D eigenvalue weighted by Crippen LogP contribution is -2.58. The zero-order chi connectivity index (χ0) is 16.5. The molecule has 126 valence electrons. The molecule has 2 aliphatic rings. The molecule has 0 aromatic heterocycles. The maximum absolute atomic E-state index is 13.0. The Bertz CT molecular complexity index is 552. The van der Waals surface area contributed by atoms with Crippen LogP contribution < -0.4 is 0 Å². The van der Waals surface area contributed by atoms with Crippen LogP contribution in [0.2, 0.25) is 0 Å². The van der Waals surface area contributed by atoms with Gasteiger partial charge in [-0.05, 0) is 38.3 Å². The van der Waals surface area contributed by atoms with E-state index in [1.54, 1.807) is 0 Å². The molecule has 3 rings (SSSR count). The van der Waals surface area contributed by atoms with Crippen LogP contribution in [0.15, 0.2) is 30.3 Å². The van der Waals surface area contributed by atoms with Crippen LogP contribution >= 0.6 is 0 Å². The van der Waals surface area contributed by atoms with Gasteiger partial charge in [-0.1, -0.05) is 37.3 Å². The molecule has 2 fully saturated rings. The first-order valence-electron chi connectivity index (χ1n) is 8.69. The lowest BCUT2D eigenvalue weighted by atomic mass is 9.75. The van der Waals surface area contributed by atoms with E-state index < -0.39 is 5.60 Å². The molecule has 0 aliphatic carbocycles. The molecule has 0 bridgehead atoms. The molecule has 1 N–H and O–H groups in total. The molecule has 23 heavy (non-hydrogen) atoms. The van der Waals surface area contributed by atoms with Crippen molar-refractivity contribution in [3.05, 3.63) is 35.9 Å². The van der Waals surface area contributed by atoms with Gasteiger partial charge in [0, 0.05) is 31.6 Å². The van der Waals surface area contributed by atoms with Crippen molar-refractivity contribution in [2.45, 2.75) is 43.6 Å². The van der Waals surface area contributed by atoms with Gasteiger partial charge in [-0.3, -0.25) is 4.79 Å². The van der Waals surface area contributed by atoms with Gasteiger partial charge in [0.05, 0.1) is 0 Å². The first-order chi connectivity index (χ1) is 10.9. The summed E-state index contributed by atoms with van der Waals surface area (Å²) in [6.07, 6.45) is 3.16. The molecule has 1 aromatic carbocycles. The van der Waals surface area contributed by atoms with Crippen molar-refractivity contribution >= 4 is 5.91 Å². The Labute approximate surface area is 139 Å². The maximum Gasteiger partial charge on any atom is 0.254 e. The van der Waals surface area contributed by atoms with Gasteiger partial charge in [0.25, 0.3) is 5.91 Å². The quantitative estimate of drug-likeness (QED) is 0.908. The molecule has 1 amide bonds. The number of benzene rings is 1. The van der Waals surface area contributed by atoms with Crippen molar-refractivity contribution in [2.24, 2.45) is 0 Å². The first kappa shape index (κ1) is 16.5. The Kier molecular flexibility index (Phi) is 4.47. The average Bonchev–Trinajstić information content (AvgIpc) is 2.58. The van der Waals surface area contributed by atoms with Crippen molar-refractivity contribution in [1.82, 2.24) is 9.80 Å². The number of aliphatic hydroxyl groups is 1. The van der Waals surface area contributed by atoms with Crippen LogP contribution in [0.25, 0.3) is 0 Å². The van der Waals surface area contributed by atoms with Gasteiger partial charge in [-0.25, -0.2) is 0 Å². The van der Waals surface area contributed by atoms with E-state index in [2.05, 4.69) is 36.1 Å². The van der Waals surface area contributed by atoms with Crippen LogP contribution in [0, 0.1) is 0 Å². The minimum absolute atomic E-state index is 0.0169. The topological polar surface area (TPSA) is 43.8 Å². The molecule has 1 atom stereocenters. The number of hydrogen-bond donors (Lipinski definition) is 1. The molecular formula is C19H28N2O2. The van der Waals surface area contributed by atoms with Gasteiger partial charge < -0.3 is 14.9 Å². The zero-order valence-electron chi connectivity index (χ0n) is 14.3. The van der Waals surface area contributed by atoms with E-state index >= 15 is 0 Å². The van der Waals surface area contributed by atoms with Crippen molar-refractivity contribution in [2.75, 3.05) is 33.2 Å². The predicted octanol–water partition coefficient (Wildman–Crippen LogP) is 2.02. The lowest BCUT2D eigenvalue weighted by Gasteiger charge is -2.45. The molecule has 2 saturated heterocycles. The fourth-order valence-electron chi connectivity index (χ4n) is 3.99. The highest BCUT2D eigenvalue weighted by Crippen LogP contribution is 2.35. The zero-order valence-corrected chi connectivity index (χ0v) is 14.3. The monoisotopic (exact) mass is 316 g/mol. The smallest absolute Gasteiger partial charge is 0.254 e. The summed E-state index contributed by atoms with van der Waals surface area (Å²) < 4.78 is 0. The second-order valence-electron chi connectivity index (χ2n) is 7.59. The number of carbonyl (C=O) groups excluding carboxylic acids is 1. The van der Waals surface area contributed by atoms with Crippen LogP contribution in [-0.4, -0.2) is 59.6 Å². The number of amides is 1. The Morgan fingerprint density at radius 1 is 1.09 bits per heavy atom. The molecule has 0 unspecified atom stereocenters. The van der Waals surface area contributed by atoms with Crippen LogP contribution in [0.4, 0.5) is 0 Å². The van der Waals surface area contributed by atoms with Crippen molar-refractivity contribution in [3.63, 3.8) is 0 Å². The van der Waals surface area contributed by atoms with Gasteiger partial charge in [-0.2, -0.15) is 0 Å². The molecule has 4 nitrogen and oxygen atoms in total. The number of nitrogens with zero attached hydrogens (tertiary/aromatic N) is 2. The largest absolute Gasteiger partial charge is 0.380 e. The van der Waals surface area contributed by atoms with E-state index in [-0.39, 0.29) is 11.3 Å². The van der Waals surface area contributed by atoms with Crippen LogP contribution in [0.3, 0.4) is 0 Å². The fourth-order valence-corrected chi connectivity index (χ4v) is 3.99. The minimum Gasteiger partial charge on any atom is -0.380 e. The van der Waals surface area contributed by atoms with Crippen LogP contribution in [0.1, 0.15) is 38.2 Å². The second-order valence-corrected chi connectivity index (χ2v) is 7.59. The Hall–Kier alpha value is -1.39. The Morgan fingerprint density at radius 2 is 1.74 bits per heavy atom. The molecule has 1 aromatic rings. The molecular weight excluding hydrogens is 288 g/mol. The highest BCUT2D eigenvalue weighted by molar-refractivity contribution is 5.85. The standard InChI is InChI=1S/C19H28N2O2/c1-18(16-7-4-3-5-8-16)9-6-12-21(15-18)17(22)19(23)10-13-20(2)14-11-19/h3-5,7-8,23H,6,9-15H2,1-2H3/t18-/m0/s1. The molecule has 2 heterocycles. The summed E-state index contributed by atoms with van der Waals surface area (Å²) in [5, 5.41) is 10.8. The number of hydrogen-bond acceptors (Lipinski definition) is 3. The minimum atomic E-state index is -1.17. The third-order valence-electron chi connectivity index (χ3n) is 5.67. The molecule has 0 saturated carbocycles. The van der Waals surface area contributed by atoms with Crippen molar-refractivity contribution in [3.8, 4) is 0 Å². The summed E-state index contributed by atoms with van der Waals surface area (Å²) >= 11 is 0. The van der Waals surface area contributed by atoms with E-state index in [0.717, 1.165) is 32.5 Å². The summed E-state index contributed by atoms with van der Waals surface area (Å²) in [6, 6.07) is 10.5. The summed E-state index contributed by atoms with van der Waals surface area (Å²) in [4.78, 5) is 17.0. The molecule has 2 aliphatic heterocycles. The number of likely N-dealkylation sites (tertiary alicyclic amines) is 2. The van der Waals surface area contributed by atoms with Gasteiger partial charge in [0.1, 0.15) is 5.60 Å². The highest BCUT2D eigenvalue weighted by atomic mass is 16.3. The van der Waals surface area contributed by atoms with Crippen molar-refractivity contribution in [1.29, 1.82) is 0 Å². The lowest BCUT2D eigenvalue weighted by molar-refractivity contribution is -0.158. The van der Waals surface area contributed by atoms with Crippen LogP contribution in [-0.2, 0) is 10.2 Å². The third-order valence-corrected chi connectivity index (χ3v) is 5.67. The summed E-state index contributed by atoms with van der Waals surface area (Å²) in [7, 11) is 2.04. The number of piperidine rings is 2. The van der Waals surface area contributed by atoms with E-state index in [1.807, 2.05) is 18.0 Å². The first-order valence-corrected chi connectivity index (χ1v) is 8.69. The van der Waals surface area contributed by atoms with E-state index in [9.17, 15) is 9.90 Å². The Morgan fingerprint density at radius 3 is 2.39 bits per heavy atom. The Balaban J connectivity index is 1.75.